The molecule has 0 aromatic carbocycles. The van der Waals surface area contributed by atoms with Crippen molar-refractivity contribution in [1.82, 2.24) is 19.8 Å². The molecule has 2 unspecified atom stereocenters. The number of hydrogen-bond acceptors (Lipinski definition) is 4. The van der Waals surface area contributed by atoms with E-state index < -0.39 is 5.60 Å². The zero-order chi connectivity index (χ0) is 12.5. The van der Waals surface area contributed by atoms with Crippen LogP contribution in [0.3, 0.4) is 0 Å². The molecule has 2 rings (SSSR count). The van der Waals surface area contributed by atoms with Crippen LogP contribution in [0.2, 0.25) is 0 Å². The Morgan fingerprint density at radius 2 is 2.35 bits per heavy atom. The van der Waals surface area contributed by atoms with Crippen LogP contribution in [0, 0.1) is 0 Å². The first-order valence-corrected chi connectivity index (χ1v) is 6.12. The molecule has 5 heteroatoms. The van der Waals surface area contributed by atoms with Crippen molar-refractivity contribution in [3.05, 3.63) is 18.2 Å². The van der Waals surface area contributed by atoms with Gasteiger partial charge in [-0.3, -0.25) is 0 Å². The van der Waals surface area contributed by atoms with E-state index in [-0.39, 0.29) is 6.04 Å². The summed E-state index contributed by atoms with van der Waals surface area (Å²) in [6, 6.07) is 0.157. The Kier molecular flexibility index (Phi) is 3.51. The lowest BCUT2D eigenvalue weighted by atomic mass is 10.0. The third-order valence-corrected chi connectivity index (χ3v) is 3.51. The van der Waals surface area contributed by atoms with Crippen molar-refractivity contribution in [2.75, 3.05) is 26.7 Å². The molecular formula is C12H22N4O. The highest BCUT2D eigenvalue weighted by molar-refractivity contribution is 4.99. The van der Waals surface area contributed by atoms with E-state index in [1.807, 2.05) is 24.9 Å². The first-order chi connectivity index (χ1) is 8.00. The van der Waals surface area contributed by atoms with E-state index in [1.165, 1.54) is 0 Å². The van der Waals surface area contributed by atoms with Gasteiger partial charge in [0.1, 0.15) is 5.82 Å². The Labute approximate surface area is 102 Å². The lowest BCUT2D eigenvalue weighted by Gasteiger charge is -2.25. The van der Waals surface area contributed by atoms with Gasteiger partial charge in [0.05, 0.1) is 11.6 Å². The van der Waals surface area contributed by atoms with Crippen LogP contribution in [-0.2, 0) is 7.05 Å². The molecule has 2 atom stereocenters. The van der Waals surface area contributed by atoms with E-state index in [2.05, 4.69) is 22.1 Å². The number of nitrogens with zero attached hydrogens (tertiary/aromatic N) is 3. The minimum Gasteiger partial charge on any atom is -0.387 e. The van der Waals surface area contributed by atoms with E-state index in [0.29, 0.717) is 6.54 Å². The number of β-amino-alcohol motifs (C(OH)–C–C–N with tert-alkyl or cyclic N) is 1. The average molecular weight is 238 g/mol. The predicted molar refractivity (Wildman–Crippen MR) is 66.7 cm³/mol. The van der Waals surface area contributed by atoms with Crippen molar-refractivity contribution in [2.24, 2.45) is 7.05 Å². The van der Waals surface area contributed by atoms with Crippen molar-refractivity contribution >= 4 is 0 Å². The van der Waals surface area contributed by atoms with Crippen molar-refractivity contribution < 1.29 is 5.11 Å². The number of aryl methyl sites for hydroxylation is 1. The van der Waals surface area contributed by atoms with Gasteiger partial charge in [0.2, 0.25) is 0 Å². The minimum absolute atomic E-state index is 0.157. The van der Waals surface area contributed by atoms with Gasteiger partial charge in [-0.2, -0.15) is 0 Å². The molecule has 1 aliphatic heterocycles. The second-order valence-corrected chi connectivity index (χ2v) is 5.21. The number of likely N-dealkylation sites (tertiary alicyclic amines) is 1. The molecule has 96 valence electrons. The van der Waals surface area contributed by atoms with Crippen molar-refractivity contribution in [2.45, 2.75) is 25.0 Å². The number of rotatable bonds is 4. The Morgan fingerprint density at radius 3 is 2.88 bits per heavy atom. The molecule has 0 spiro atoms. The standard InChI is InChI=1S/C12H22N4O/c1-10(11-13-5-7-16(11)3)14-8-12(17)4-6-15(2)9-12/h5,7,10,14,17H,4,6,8-9H2,1-3H3. The Morgan fingerprint density at radius 1 is 1.59 bits per heavy atom. The summed E-state index contributed by atoms with van der Waals surface area (Å²) in [5.41, 5.74) is -0.589. The molecule has 1 saturated heterocycles. The second-order valence-electron chi connectivity index (χ2n) is 5.21. The lowest BCUT2D eigenvalue weighted by Crippen LogP contribution is -2.43. The van der Waals surface area contributed by atoms with Gasteiger partial charge in [-0.25, -0.2) is 4.98 Å². The zero-order valence-electron chi connectivity index (χ0n) is 10.8. The Balaban J connectivity index is 1.88. The molecule has 1 fully saturated rings. The van der Waals surface area contributed by atoms with Crippen LogP contribution in [0.25, 0.3) is 0 Å². The van der Waals surface area contributed by atoms with Crippen LogP contribution in [0.5, 0.6) is 0 Å². The van der Waals surface area contributed by atoms with Crippen LogP contribution >= 0.6 is 0 Å². The SMILES string of the molecule is CC(NCC1(O)CCN(C)C1)c1nccn1C. The molecule has 1 aromatic rings. The number of hydrogen-bond donors (Lipinski definition) is 2. The number of imidazole rings is 1. The van der Waals surface area contributed by atoms with Crippen LogP contribution in [0.15, 0.2) is 12.4 Å². The number of aliphatic hydroxyl groups is 1. The van der Waals surface area contributed by atoms with E-state index >= 15 is 0 Å². The van der Waals surface area contributed by atoms with Crippen molar-refractivity contribution in [1.29, 1.82) is 0 Å². The molecule has 0 aliphatic carbocycles. The summed E-state index contributed by atoms with van der Waals surface area (Å²) in [6.45, 7) is 4.40. The van der Waals surface area contributed by atoms with Gasteiger partial charge in [0.25, 0.3) is 0 Å². The Bertz CT molecular complexity index is 378. The molecule has 0 radical (unpaired) electrons. The summed E-state index contributed by atoms with van der Waals surface area (Å²) in [4.78, 5) is 6.47. The molecule has 5 nitrogen and oxygen atoms in total. The molecule has 0 saturated carbocycles. The fraction of sp³-hybridized carbons (Fsp3) is 0.750. The molecule has 17 heavy (non-hydrogen) atoms. The second kappa shape index (κ2) is 4.76. The monoisotopic (exact) mass is 238 g/mol. The summed E-state index contributed by atoms with van der Waals surface area (Å²) in [5.74, 6) is 1.000. The highest BCUT2D eigenvalue weighted by Crippen LogP contribution is 2.20. The Hall–Kier alpha value is -0.910. The molecule has 2 heterocycles. The first kappa shape index (κ1) is 12.5. The maximum Gasteiger partial charge on any atom is 0.125 e. The number of likely N-dealkylation sites (N-methyl/N-ethyl adjacent to an activating group) is 1. The van der Waals surface area contributed by atoms with Gasteiger partial charge in [-0.15, -0.1) is 0 Å². The summed E-state index contributed by atoms with van der Waals surface area (Å²) < 4.78 is 2.00. The molecule has 1 aliphatic rings. The van der Waals surface area contributed by atoms with Gasteiger partial charge >= 0.3 is 0 Å². The molecule has 2 N–H and O–H groups in total. The summed E-state index contributed by atoms with van der Waals surface area (Å²) in [7, 11) is 4.03. The maximum absolute atomic E-state index is 10.3. The normalized spacial score (nSPS) is 27.5. The van der Waals surface area contributed by atoms with E-state index in [4.69, 9.17) is 0 Å². The van der Waals surface area contributed by atoms with Crippen LogP contribution in [-0.4, -0.2) is 51.8 Å². The molecule has 0 amide bonds. The van der Waals surface area contributed by atoms with E-state index in [1.54, 1.807) is 6.20 Å². The summed E-state index contributed by atoms with van der Waals surface area (Å²) >= 11 is 0. The molecular weight excluding hydrogens is 216 g/mol. The third kappa shape index (κ3) is 2.86. The quantitative estimate of drug-likeness (QED) is 0.783. The minimum atomic E-state index is -0.589. The van der Waals surface area contributed by atoms with Gasteiger partial charge in [0.15, 0.2) is 0 Å². The fourth-order valence-electron chi connectivity index (χ4n) is 2.43. The summed E-state index contributed by atoms with van der Waals surface area (Å²) in [5, 5.41) is 13.7. The van der Waals surface area contributed by atoms with Gasteiger partial charge in [-0.1, -0.05) is 0 Å². The number of aromatic nitrogens is 2. The van der Waals surface area contributed by atoms with Crippen molar-refractivity contribution in [3.8, 4) is 0 Å². The van der Waals surface area contributed by atoms with E-state index in [9.17, 15) is 5.11 Å². The maximum atomic E-state index is 10.3. The predicted octanol–water partition coefficient (Wildman–Crippen LogP) is 0.137. The summed E-state index contributed by atoms with van der Waals surface area (Å²) in [6.07, 6.45) is 4.57. The fourth-order valence-corrected chi connectivity index (χ4v) is 2.43. The van der Waals surface area contributed by atoms with Crippen LogP contribution in [0.1, 0.15) is 25.2 Å². The van der Waals surface area contributed by atoms with Gasteiger partial charge < -0.3 is 19.9 Å². The third-order valence-electron chi connectivity index (χ3n) is 3.51. The zero-order valence-corrected chi connectivity index (χ0v) is 10.8. The number of nitrogens with one attached hydrogen (secondary N) is 1. The van der Waals surface area contributed by atoms with E-state index in [0.717, 1.165) is 25.3 Å². The topological polar surface area (TPSA) is 53.3 Å². The molecule has 0 bridgehead atoms. The van der Waals surface area contributed by atoms with Crippen LogP contribution in [0.4, 0.5) is 0 Å². The van der Waals surface area contributed by atoms with Gasteiger partial charge in [0, 0.05) is 39.1 Å². The molecule has 1 aromatic heterocycles. The smallest absolute Gasteiger partial charge is 0.125 e. The lowest BCUT2D eigenvalue weighted by molar-refractivity contribution is 0.0491. The highest BCUT2D eigenvalue weighted by Gasteiger charge is 2.34. The van der Waals surface area contributed by atoms with Gasteiger partial charge in [-0.05, 0) is 20.4 Å². The van der Waals surface area contributed by atoms with Crippen LogP contribution < -0.4 is 5.32 Å². The average Bonchev–Trinajstić information content (AvgIpc) is 2.83. The highest BCUT2D eigenvalue weighted by atomic mass is 16.3. The largest absolute Gasteiger partial charge is 0.387 e. The van der Waals surface area contributed by atoms with Crippen molar-refractivity contribution in [3.63, 3.8) is 0 Å². The first-order valence-electron chi connectivity index (χ1n) is 6.12.